The fraction of sp³-hybridized carbons (Fsp3) is 0.500. The fourth-order valence-corrected chi connectivity index (χ4v) is 3.42. The van der Waals surface area contributed by atoms with Crippen LogP contribution >= 0.6 is 0 Å². The fourth-order valence-electron chi connectivity index (χ4n) is 3.42. The number of carbonyl (C=O) groups is 2. The van der Waals surface area contributed by atoms with Crippen molar-refractivity contribution in [3.63, 3.8) is 0 Å². The second-order valence-corrected chi connectivity index (χ2v) is 6.23. The van der Waals surface area contributed by atoms with Crippen molar-refractivity contribution in [2.75, 3.05) is 27.8 Å². The quantitative estimate of drug-likeness (QED) is 0.836. The monoisotopic (exact) mass is 345 g/mol. The molecular formula is C18H23N3O4. The van der Waals surface area contributed by atoms with E-state index in [0.29, 0.717) is 36.6 Å². The van der Waals surface area contributed by atoms with Crippen LogP contribution in [0.5, 0.6) is 11.5 Å². The van der Waals surface area contributed by atoms with Crippen LogP contribution in [0, 0.1) is 0 Å². The molecule has 1 fully saturated rings. The maximum Gasteiger partial charge on any atom is 0.270 e. The first-order valence-electron chi connectivity index (χ1n) is 8.42. The summed E-state index contributed by atoms with van der Waals surface area (Å²) in [6.07, 6.45) is 2.51. The highest BCUT2D eigenvalue weighted by Gasteiger charge is 2.35. The first-order chi connectivity index (χ1) is 12.0. The number of ether oxygens (including phenoxy) is 2. The number of hydrogen-bond acceptors (Lipinski definition) is 5. The minimum Gasteiger partial charge on any atom is -0.497 e. The molecule has 2 aliphatic heterocycles. The Hall–Kier alpha value is -2.57. The predicted octanol–water partition coefficient (Wildman–Crippen LogP) is 1.98. The Morgan fingerprint density at radius 3 is 2.72 bits per heavy atom. The second kappa shape index (κ2) is 7.13. The van der Waals surface area contributed by atoms with Crippen molar-refractivity contribution in [1.82, 2.24) is 9.91 Å². The van der Waals surface area contributed by atoms with E-state index in [2.05, 4.69) is 5.10 Å². The summed E-state index contributed by atoms with van der Waals surface area (Å²) >= 11 is 0. The van der Waals surface area contributed by atoms with Gasteiger partial charge in [-0.1, -0.05) is 0 Å². The molecule has 0 aromatic heterocycles. The molecule has 1 aromatic rings. The zero-order valence-electron chi connectivity index (χ0n) is 14.8. The van der Waals surface area contributed by atoms with Crippen LogP contribution in [0.1, 0.15) is 37.3 Å². The Bertz CT molecular complexity index is 716. The summed E-state index contributed by atoms with van der Waals surface area (Å²) in [5.41, 5.74) is 1.41. The van der Waals surface area contributed by atoms with Gasteiger partial charge in [0.1, 0.15) is 17.2 Å². The van der Waals surface area contributed by atoms with Gasteiger partial charge in [0, 0.05) is 38.1 Å². The molecule has 0 unspecified atom stereocenters. The molecule has 0 spiro atoms. The van der Waals surface area contributed by atoms with E-state index >= 15 is 0 Å². The molecule has 7 heteroatoms. The highest BCUT2D eigenvalue weighted by atomic mass is 16.5. The van der Waals surface area contributed by atoms with Gasteiger partial charge >= 0.3 is 0 Å². The molecule has 0 saturated carbocycles. The molecule has 134 valence electrons. The lowest BCUT2D eigenvalue weighted by Gasteiger charge is -2.28. The average Bonchev–Trinajstić information content (AvgIpc) is 3.12. The Labute approximate surface area is 147 Å². The maximum atomic E-state index is 13.0. The average molecular weight is 345 g/mol. The highest BCUT2D eigenvalue weighted by molar-refractivity contribution is 6.39. The number of hydrazone groups is 1. The van der Waals surface area contributed by atoms with E-state index in [1.54, 1.807) is 21.3 Å². The summed E-state index contributed by atoms with van der Waals surface area (Å²) in [7, 11) is 4.81. The second-order valence-electron chi connectivity index (χ2n) is 6.23. The number of methoxy groups -OCH3 is 2. The highest BCUT2D eigenvalue weighted by Crippen LogP contribution is 2.39. The molecule has 0 N–H and O–H groups in total. The maximum absolute atomic E-state index is 13.0. The van der Waals surface area contributed by atoms with Crippen LogP contribution in [0.25, 0.3) is 0 Å². The van der Waals surface area contributed by atoms with Gasteiger partial charge in [-0.05, 0) is 25.0 Å². The van der Waals surface area contributed by atoms with Crippen LogP contribution in [0.3, 0.4) is 0 Å². The number of benzene rings is 1. The minimum atomic E-state index is -0.0975. The number of hydrogen-bond donors (Lipinski definition) is 0. The molecule has 0 bridgehead atoms. The van der Waals surface area contributed by atoms with Crippen molar-refractivity contribution in [2.24, 2.45) is 5.10 Å². The number of likely N-dealkylation sites (tertiary alicyclic amines) is 1. The predicted molar refractivity (Wildman–Crippen MR) is 92.7 cm³/mol. The van der Waals surface area contributed by atoms with Gasteiger partial charge in [0.2, 0.25) is 5.91 Å². The van der Waals surface area contributed by atoms with Gasteiger partial charge in [-0.3, -0.25) is 9.59 Å². The van der Waals surface area contributed by atoms with E-state index in [0.717, 1.165) is 18.4 Å². The van der Waals surface area contributed by atoms with E-state index in [9.17, 15) is 9.59 Å². The lowest BCUT2D eigenvalue weighted by atomic mass is 10.0. The third-order valence-corrected chi connectivity index (χ3v) is 4.77. The van der Waals surface area contributed by atoms with Crippen molar-refractivity contribution < 1.29 is 19.1 Å². The molecule has 1 saturated heterocycles. The van der Waals surface area contributed by atoms with Crippen molar-refractivity contribution in [2.45, 2.75) is 31.7 Å². The minimum absolute atomic E-state index is 0.0565. The first-order valence-corrected chi connectivity index (χ1v) is 8.42. The van der Waals surface area contributed by atoms with E-state index in [1.165, 1.54) is 5.01 Å². The largest absolute Gasteiger partial charge is 0.497 e. The van der Waals surface area contributed by atoms with Crippen molar-refractivity contribution in [3.8, 4) is 11.5 Å². The smallest absolute Gasteiger partial charge is 0.270 e. The lowest BCUT2D eigenvalue weighted by Crippen LogP contribution is -2.40. The summed E-state index contributed by atoms with van der Waals surface area (Å²) in [6.45, 7) is 0.676. The Balaban J connectivity index is 1.87. The molecule has 3 rings (SSSR count). The van der Waals surface area contributed by atoms with E-state index < -0.39 is 0 Å². The van der Waals surface area contributed by atoms with Gasteiger partial charge in [0.15, 0.2) is 0 Å². The van der Waals surface area contributed by atoms with E-state index in [-0.39, 0.29) is 17.9 Å². The lowest BCUT2D eigenvalue weighted by molar-refractivity contribution is -0.130. The molecule has 2 aliphatic rings. The van der Waals surface area contributed by atoms with Crippen molar-refractivity contribution in [1.29, 1.82) is 0 Å². The summed E-state index contributed by atoms with van der Waals surface area (Å²) < 4.78 is 10.8. The molecule has 1 aromatic carbocycles. The molecule has 2 amide bonds. The molecule has 1 atom stereocenters. The third-order valence-electron chi connectivity index (χ3n) is 4.77. The Morgan fingerprint density at radius 2 is 2.04 bits per heavy atom. The number of rotatable bonds is 4. The molecule has 25 heavy (non-hydrogen) atoms. The van der Waals surface area contributed by atoms with E-state index in [1.807, 2.05) is 23.1 Å². The Kier molecular flexibility index (Phi) is 4.92. The number of amides is 2. The van der Waals surface area contributed by atoms with Gasteiger partial charge in [-0.2, -0.15) is 5.10 Å². The van der Waals surface area contributed by atoms with Gasteiger partial charge in [-0.15, -0.1) is 0 Å². The topological polar surface area (TPSA) is 71.4 Å². The number of nitrogens with zero attached hydrogens (tertiary/aromatic N) is 3. The van der Waals surface area contributed by atoms with Gasteiger partial charge in [0.25, 0.3) is 5.91 Å². The van der Waals surface area contributed by atoms with Crippen LogP contribution < -0.4 is 9.47 Å². The SMILES string of the molecule is COc1ccc([C@H]2CCCN2C(=O)C2=NN(C)C(=O)CC2)c(OC)c1. The molecule has 0 radical (unpaired) electrons. The summed E-state index contributed by atoms with van der Waals surface area (Å²) in [5, 5.41) is 5.42. The van der Waals surface area contributed by atoms with Gasteiger partial charge < -0.3 is 14.4 Å². The van der Waals surface area contributed by atoms with Crippen molar-refractivity contribution in [3.05, 3.63) is 23.8 Å². The van der Waals surface area contributed by atoms with Crippen LogP contribution in [-0.4, -0.2) is 55.2 Å². The molecule has 7 nitrogen and oxygen atoms in total. The molecular weight excluding hydrogens is 322 g/mol. The summed E-state index contributed by atoms with van der Waals surface area (Å²) in [4.78, 5) is 26.4. The van der Waals surface area contributed by atoms with Crippen molar-refractivity contribution >= 4 is 17.5 Å². The van der Waals surface area contributed by atoms with Gasteiger partial charge in [0.05, 0.1) is 20.3 Å². The third kappa shape index (κ3) is 3.31. The molecule has 0 aliphatic carbocycles. The van der Waals surface area contributed by atoms with Crippen LogP contribution in [0.15, 0.2) is 23.3 Å². The van der Waals surface area contributed by atoms with Crippen LogP contribution in [-0.2, 0) is 9.59 Å². The normalized spacial score (nSPS) is 20.5. The van der Waals surface area contributed by atoms with Crippen LogP contribution in [0.2, 0.25) is 0 Å². The standard InChI is InChI=1S/C18H23N3O4/c1-20-17(22)9-8-14(19-20)18(23)21-10-4-5-15(21)13-7-6-12(24-2)11-16(13)25-3/h6-7,11,15H,4-5,8-10H2,1-3H3/t15-/m1/s1. The van der Waals surface area contributed by atoms with E-state index in [4.69, 9.17) is 9.47 Å². The van der Waals surface area contributed by atoms with Crippen LogP contribution in [0.4, 0.5) is 0 Å². The zero-order valence-corrected chi connectivity index (χ0v) is 14.8. The molecule has 2 heterocycles. The Morgan fingerprint density at radius 1 is 1.24 bits per heavy atom. The summed E-state index contributed by atoms with van der Waals surface area (Å²) in [6, 6.07) is 5.61. The zero-order chi connectivity index (χ0) is 18.0. The number of carbonyl (C=O) groups excluding carboxylic acids is 2. The summed E-state index contributed by atoms with van der Waals surface area (Å²) in [5.74, 6) is 1.27. The van der Waals surface area contributed by atoms with Gasteiger partial charge in [-0.25, -0.2) is 5.01 Å². The first kappa shape index (κ1) is 17.3.